The minimum atomic E-state index is -0.604. The smallest absolute Gasteiger partial charge is 0.237 e. The maximum atomic E-state index is 13.6. The average Bonchev–Trinajstić information content (AvgIpc) is 3.12. The fourth-order valence-corrected chi connectivity index (χ4v) is 1.95. The molecule has 1 saturated carbocycles. The maximum Gasteiger partial charge on any atom is 0.237 e. The van der Waals surface area contributed by atoms with Gasteiger partial charge in [0.05, 0.1) is 6.04 Å². The summed E-state index contributed by atoms with van der Waals surface area (Å²) in [6.45, 7) is 3.48. The molecule has 0 radical (unpaired) electrons. The first-order valence-electron chi connectivity index (χ1n) is 6.48. The molecule has 0 saturated heterocycles. The van der Waals surface area contributed by atoms with E-state index in [-0.39, 0.29) is 11.9 Å². The number of nitrogens with one attached hydrogen (secondary N) is 2. The van der Waals surface area contributed by atoms with Crippen LogP contribution in [0.3, 0.4) is 0 Å². The third kappa shape index (κ3) is 3.73. The highest BCUT2D eigenvalue weighted by Gasteiger charge is 2.26. The molecule has 1 aromatic carbocycles. The lowest BCUT2D eigenvalue weighted by molar-refractivity contribution is -0.123. The van der Waals surface area contributed by atoms with Crippen LogP contribution >= 0.6 is 0 Å². The van der Waals surface area contributed by atoms with Crippen LogP contribution in [0.5, 0.6) is 0 Å². The first-order chi connectivity index (χ1) is 8.97. The lowest BCUT2D eigenvalue weighted by Gasteiger charge is -2.20. The van der Waals surface area contributed by atoms with Crippen molar-refractivity contribution >= 4 is 5.91 Å². The number of carbonyl (C=O) groups excluding carboxylic acids is 1. The zero-order chi connectivity index (χ0) is 14.0. The summed E-state index contributed by atoms with van der Waals surface area (Å²) in [6, 6.07) is 2.98. The molecule has 1 amide bonds. The molecule has 0 aromatic heterocycles. The molecule has 0 aliphatic heterocycles. The summed E-state index contributed by atoms with van der Waals surface area (Å²) in [4.78, 5) is 11.8. The standard InChI is InChI=1S/C14H18F2N2O/c1-8(12-6-3-10(15)7-13(12)16)17-9(2)14(19)18-11-4-5-11/h3,6-9,11,17H,4-5H2,1-2H3,(H,18,19). The Balaban J connectivity index is 1.95. The Morgan fingerprint density at radius 3 is 2.58 bits per heavy atom. The van der Waals surface area contributed by atoms with Crippen LogP contribution in [0.1, 0.15) is 38.3 Å². The summed E-state index contributed by atoms with van der Waals surface area (Å²) in [6.07, 6.45) is 2.06. The van der Waals surface area contributed by atoms with Crippen molar-refractivity contribution in [2.75, 3.05) is 0 Å². The summed E-state index contributed by atoms with van der Waals surface area (Å²) < 4.78 is 26.4. The number of hydrogen-bond donors (Lipinski definition) is 2. The van der Waals surface area contributed by atoms with E-state index in [0.29, 0.717) is 11.6 Å². The molecule has 0 spiro atoms. The van der Waals surface area contributed by atoms with Gasteiger partial charge in [0, 0.05) is 23.7 Å². The van der Waals surface area contributed by atoms with Gasteiger partial charge >= 0.3 is 0 Å². The Kier molecular flexibility index (Phi) is 4.14. The van der Waals surface area contributed by atoms with E-state index < -0.39 is 17.7 Å². The molecule has 1 aromatic rings. The molecule has 19 heavy (non-hydrogen) atoms. The second kappa shape index (κ2) is 5.65. The van der Waals surface area contributed by atoms with E-state index in [4.69, 9.17) is 0 Å². The predicted octanol–water partition coefficient (Wildman–Crippen LogP) is 2.28. The average molecular weight is 268 g/mol. The number of amides is 1. The Bertz CT molecular complexity index is 475. The molecule has 1 aliphatic carbocycles. The highest BCUT2D eigenvalue weighted by molar-refractivity contribution is 5.81. The van der Waals surface area contributed by atoms with Crippen LogP contribution in [0.15, 0.2) is 18.2 Å². The van der Waals surface area contributed by atoms with E-state index in [9.17, 15) is 13.6 Å². The van der Waals surface area contributed by atoms with Crippen LogP contribution in [0.2, 0.25) is 0 Å². The second-order valence-corrected chi connectivity index (χ2v) is 5.06. The maximum absolute atomic E-state index is 13.6. The van der Waals surface area contributed by atoms with Crippen LogP contribution in [0.4, 0.5) is 8.78 Å². The zero-order valence-corrected chi connectivity index (χ0v) is 11.0. The van der Waals surface area contributed by atoms with Crippen molar-refractivity contribution in [3.63, 3.8) is 0 Å². The van der Waals surface area contributed by atoms with E-state index in [1.165, 1.54) is 12.1 Å². The lowest BCUT2D eigenvalue weighted by atomic mass is 10.1. The Labute approximate surface area is 111 Å². The van der Waals surface area contributed by atoms with Crippen LogP contribution in [0.25, 0.3) is 0 Å². The van der Waals surface area contributed by atoms with Crippen LogP contribution in [0, 0.1) is 11.6 Å². The summed E-state index contributed by atoms with van der Waals surface area (Å²) in [7, 11) is 0. The summed E-state index contributed by atoms with van der Waals surface area (Å²) in [5.41, 5.74) is 0.354. The Morgan fingerprint density at radius 1 is 1.32 bits per heavy atom. The van der Waals surface area contributed by atoms with Crippen molar-refractivity contribution in [3.05, 3.63) is 35.4 Å². The minimum Gasteiger partial charge on any atom is -0.352 e. The third-order valence-corrected chi connectivity index (χ3v) is 3.25. The van der Waals surface area contributed by atoms with Gasteiger partial charge in [0.1, 0.15) is 11.6 Å². The predicted molar refractivity (Wildman–Crippen MR) is 68.5 cm³/mol. The molecule has 104 valence electrons. The van der Waals surface area contributed by atoms with Crippen molar-refractivity contribution in [2.24, 2.45) is 0 Å². The van der Waals surface area contributed by atoms with Gasteiger partial charge in [0.15, 0.2) is 0 Å². The van der Waals surface area contributed by atoms with E-state index >= 15 is 0 Å². The number of hydrogen-bond acceptors (Lipinski definition) is 2. The van der Waals surface area contributed by atoms with Crippen molar-refractivity contribution in [2.45, 2.75) is 44.8 Å². The highest BCUT2D eigenvalue weighted by Crippen LogP contribution is 2.20. The van der Waals surface area contributed by atoms with Gasteiger partial charge in [-0.1, -0.05) is 6.07 Å². The van der Waals surface area contributed by atoms with Gasteiger partial charge < -0.3 is 5.32 Å². The van der Waals surface area contributed by atoms with E-state index in [1.54, 1.807) is 13.8 Å². The van der Waals surface area contributed by atoms with Gasteiger partial charge in [-0.05, 0) is 32.8 Å². The minimum absolute atomic E-state index is 0.0862. The van der Waals surface area contributed by atoms with Crippen molar-refractivity contribution in [1.29, 1.82) is 0 Å². The van der Waals surface area contributed by atoms with Gasteiger partial charge in [0.2, 0.25) is 5.91 Å². The molecule has 1 aliphatic rings. The Morgan fingerprint density at radius 2 is 2.00 bits per heavy atom. The van der Waals surface area contributed by atoms with Crippen LogP contribution in [-0.2, 0) is 4.79 Å². The van der Waals surface area contributed by atoms with E-state index in [1.807, 2.05) is 0 Å². The highest BCUT2D eigenvalue weighted by atomic mass is 19.1. The lowest BCUT2D eigenvalue weighted by Crippen LogP contribution is -2.44. The number of benzene rings is 1. The topological polar surface area (TPSA) is 41.1 Å². The van der Waals surface area contributed by atoms with Gasteiger partial charge in [-0.25, -0.2) is 8.78 Å². The normalized spacial score (nSPS) is 17.9. The first-order valence-corrected chi connectivity index (χ1v) is 6.48. The fraction of sp³-hybridized carbons (Fsp3) is 0.500. The second-order valence-electron chi connectivity index (χ2n) is 5.06. The molecular formula is C14H18F2N2O. The van der Waals surface area contributed by atoms with Crippen molar-refractivity contribution < 1.29 is 13.6 Å². The SMILES string of the molecule is CC(NC(C)c1ccc(F)cc1F)C(=O)NC1CC1. The largest absolute Gasteiger partial charge is 0.352 e. The van der Waals surface area contributed by atoms with Gasteiger partial charge in [0.25, 0.3) is 0 Å². The quantitative estimate of drug-likeness (QED) is 0.860. The molecule has 0 bridgehead atoms. The van der Waals surface area contributed by atoms with Crippen LogP contribution < -0.4 is 10.6 Å². The molecule has 0 heterocycles. The van der Waals surface area contributed by atoms with Gasteiger partial charge in [-0.2, -0.15) is 0 Å². The first kappa shape index (κ1) is 13.9. The van der Waals surface area contributed by atoms with Gasteiger partial charge in [-0.15, -0.1) is 0 Å². The molecule has 2 rings (SSSR count). The molecule has 1 fully saturated rings. The van der Waals surface area contributed by atoms with Crippen molar-refractivity contribution in [1.82, 2.24) is 10.6 Å². The van der Waals surface area contributed by atoms with Crippen molar-refractivity contribution in [3.8, 4) is 0 Å². The molecular weight excluding hydrogens is 250 g/mol. The third-order valence-electron chi connectivity index (χ3n) is 3.25. The summed E-state index contributed by atoms with van der Waals surface area (Å²) in [5.74, 6) is -1.29. The monoisotopic (exact) mass is 268 g/mol. The van der Waals surface area contributed by atoms with Gasteiger partial charge in [-0.3, -0.25) is 10.1 Å². The van der Waals surface area contributed by atoms with E-state index in [2.05, 4.69) is 10.6 Å². The summed E-state index contributed by atoms with van der Waals surface area (Å²) >= 11 is 0. The summed E-state index contributed by atoms with van der Waals surface area (Å²) in [5, 5.41) is 5.89. The van der Waals surface area contributed by atoms with E-state index in [0.717, 1.165) is 18.9 Å². The molecule has 5 heteroatoms. The molecule has 2 atom stereocenters. The fourth-order valence-electron chi connectivity index (χ4n) is 1.95. The number of rotatable bonds is 5. The van der Waals surface area contributed by atoms with Crippen LogP contribution in [-0.4, -0.2) is 18.0 Å². The zero-order valence-electron chi connectivity index (χ0n) is 11.0. The number of carbonyl (C=O) groups is 1. The molecule has 3 nitrogen and oxygen atoms in total. The number of halogens is 2. The molecule has 2 unspecified atom stereocenters. The Hall–Kier alpha value is -1.49. The molecule has 2 N–H and O–H groups in total.